The van der Waals surface area contributed by atoms with Gasteiger partial charge >= 0.3 is 12.3 Å². The summed E-state index contributed by atoms with van der Waals surface area (Å²) in [5.74, 6) is -1.47. The molecule has 2 N–H and O–H groups in total. The molecule has 2 fully saturated rings. The highest BCUT2D eigenvalue weighted by molar-refractivity contribution is 6.03. The maximum atomic E-state index is 13.6. The lowest BCUT2D eigenvalue weighted by Gasteiger charge is -2.33. The molecule has 0 radical (unpaired) electrons. The van der Waals surface area contributed by atoms with E-state index < -0.39 is 29.6 Å². The van der Waals surface area contributed by atoms with Gasteiger partial charge < -0.3 is 34.3 Å². The predicted molar refractivity (Wildman–Crippen MR) is 118 cm³/mol. The number of pyridine rings is 1. The number of alkyl halides is 3. The van der Waals surface area contributed by atoms with E-state index in [1.54, 1.807) is 6.07 Å². The van der Waals surface area contributed by atoms with Crippen LogP contribution < -0.4 is 15.1 Å². The minimum absolute atomic E-state index is 0.168. The van der Waals surface area contributed by atoms with Crippen molar-refractivity contribution in [2.75, 3.05) is 61.5 Å². The molecule has 0 aliphatic carbocycles. The van der Waals surface area contributed by atoms with Crippen LogP contribution in [-0.4, -0.2) is 84.5 Å². The van der Waals surface area contributed by atoms with Crippen LogP contribution >= 0.6 is 0 Å². The molecular weight excluding hydrogens is 473 g/mol. The van der Waals surface area contributed by atoms with Gasteiger partial charge in [-0.25, -0.2) is 9.78 Å². The van der Waals surface area contributed by atoms with Gasteiger partial charge in [-0.05, 0) is 25.0 Å². The van der Waals surface area contributed by atoms with Crippen LogP contribution in [0.15, 0.2) is 22.7 Å². The summed E-state index contributed by atoms with van der Waals surface area (Å²) in [4.78, 5) is 36.3. The first kappa shape index (κ1) is 24.6. The van der Waals surface area contributed by atoms with Crippen molar-refractivity contribution in [3.63, 3.8) is 0 Å². The van der Waals surface area contributed by atoms with Crippen LogP contribution in [0.3, 0.4) is 0 Å². The number of anilines is 3. The van der Waals surface area contributed by atoms with Gasteiger partial charge in [0.25, 0.3) is 11.9 Å². The van der Waals surface area contributed by atoms with Crippen molar-refractivity contribution in [2.24, 2.45) is 0 Å². The monoisotopic (exact) mass is 498 g/mol. The van der Waals surface area contributed by atoms with Gasteiger partial charge in [-0.2, -0.15) is 18.2 Å². The van der Waals surface area contributed by atoms with Gasteiger partial charge in [-0.15, -0.1) is 0 Å². The Morgan fingerprint density at radius 2 is 1.91 bits per heavy atom. The van der Waals surface area contributed by atoms with Crippen LogP contribution in [-0.2, 0) is 10.9 Å². The van der Waals surface area contributed by atoms with Gasteiger partial charge in [0.1, 0.15) is 5.82 Å². The van der Waals surface area contributed by atoms with Crippen LogP contribution in [0.25, 0.3) is 0 Å². The molecular formula is C21H25F3N6O5. The molecule has 2 amide bonds. The maximum absolute atomic E-state index is 13.6. The van der Waals surface area contributed by atoms with Gasteiger partial charge in [-0.1, -0.05) is 0 Å². The number of aromatic nitrogens is 2. The number of rotatable bonds is 5. The first-order valence-corrected chi connectivity index (χ1v) is 11.0. The number of piperidine rings is 1. The summed E-state index contributed by atoms with van der Waals surface area (Å²) in [7, 11) is 1.53. The first-order chi connectivity index (χ1) is 16.7. The van der Waals surface area contributed by atoms with E-state index in [0.717, 1.165) is 6.42 Å². The quantitative estimate of drug-likeness (QED) is 0.640. The Kier molecular flexibility index (Phi) is 7.00. The van der Waals surface area contributed by atoms with Gasteiger partial charge in [0, 0.05) is 46.4 Å². The molecule has 4 rings (SSSR count). The van der Waals surface area contributed by atoms with Gasteiger partial charge in [0.2, 0.25) is 5.76 Å². The molecule has 0 bridgehead atoms. The van der Waals surface area contributed by atoms with Crippen molar-refractivity contribution in [3.8, 4) is 0 Å². The lowest BCUT2D eigenvalue weighted by Crippen LogP contribution is -2.48. The van der Waals surface area contributed by atoms with E-state index in [0.29, 0.717) is 51.5 Å². The molecule has 2 aromatic heterocycles. The Balaban J connectivity index is 1.46. The van der Waals surface area contributed by atoms with E-state index in [4.69, 9.17) is 14.3 Å². The lowest BCUT2D eigenvalue weighted by atomic mass is 10.1. The number of halogens is 3. The fourth-order valence-corrected chi connectivity index (χ4v) is 4.06. The zero-order chi connectivity index (χ0) is 25.2. The second-order valence-electron chi connectivity index (χ2n) is 8.23. The summed E-state index contributed by atoms with van der Waals surface area (Å²) in [6.07, 6.45) is -3.26. The molecule has 1 atom stereocenters. The smallest absolute Gasteiger partial charge is 0.437 e. The average Bonchev–Trinajstić information content (AvgIpc) is 3.31. The summed E-state index contributed by atoms with van der Waals surface area (Å²) in [6.45, 7) is 2.28. The van der Waals surface area contributed by atoms with E-state index >= 15 is 0 Å². The highest BCUT2D eigenvalue weighted by Crippen LogP contribution is 2.35. The Morgan fingerprint density at radius 1 is 1.17 bits per heavy atom. The SMILES string of the molecule is COC1CCCN(c2nc(C(F)(F)F)c(C(=O)Nc3ccc(N4CCN(C(=O)O)CC4)nc3)o2)C1. The molecule has 2 saturated heterocycles. The molecule has 0 saturated carbocycles. The second-order valence-corrected chi connectivity index (χ2v) is 8.23. The van der Waals surface area contributed by atoms with Crippen LogP contribution in [0.1, 0.15) is 29.1 Å². The summed E-state index contributed by atoms with van der Waals surface area (Å²) in [6, 6.07) is 2.82. The number of amides is 2. The van der Waals surface area contributed by atoms with E-state index in [9.17, 15) is 22.8 Å². The number of methoxy groups -OCH3 is 1. The summed E-state index contributed by atoms with van der Waals surface area (Å²) in [5, 5.41) is 11.4. The normalized spacial score (nSPS) is 19.1. The van der Waals surface area contributed by atoms with Gasteiger partial charge in [0.15, 0.2) is 5.69 Å². The van der Waals surface area contributed by atoms with Gasteiger partial charge in [0.05, 0.1) is 18.0 Å². The fourth-order valence-electron chi connectivity index (χ4n) is 4.06. The number of carbonyl (C=O) groups excluding carboxylic acids is 1. The van der Waals surface area contributed by atoms with Crippen LogP contribution in [0.2, 0.25) is 0 Å². The zero-order valence-corrected chi connectivity index (χ0v) is 18.9. The molecule has 2 aliphatic heterocycles. The van der Waals surface area contributed by atoms with Crippen LogP contribution in [0.4, 0.5) is 35.5 Å². The number of oxazole rings is 1. The van der Waals surface area contributed by atoms with Crippen LogP contribution in [0, 0.1) is 0 Å². The van der Waals surface area contributed by atoms with Crippen molar-refractivity contribution in [1.82, 2.24) is 14.9 Å². The standard InChI is InChI=1S/C21H25F3N6O5/c1-34-14-3-2-6-30(12-14)19-27-17(21(22,23)24)16(35-19)18(31)26-13-4-5-15(25-11-13)28-7-9-29(10-8-28)20(32)33/h4-5,11,14H,2-3,6-10,12H2,1H3,(H,26,31)(H,32,33). The van der Waals surface area contributed by atoms with Crippen molar-refractivity contribution < 1.29 is 37.0 Å². The summed E-state index contributed by atoms with van der Waals surface area (Å²) >= 11 is 0. The molecule has 190 valence electrons. The van der Waals surface area contributed by atoms with E-state index in [1.165, 1.54) is 29.2 Å². The summed E-state index contributed by atoms with van der Waals surface area (Å²) in [5.41, 5.74) is -1.23. The Bertz CT molecular complexity index is 1050. The molecule has 0 spiro atoms. The highest BCUT2D eigenvalue weighted by atomic mass is 19.4. The molecule has 14 heteroatoms. The largest absolute Gasteiger partial charge is 0.465 e. The molecule has 4 heterocycles. The van der Waals surface area contributed by atoms with Crippen molar-refractivity contribution in [2.45, 2.75) is 25.1 Å². The number of hydrogen-bond donors (Lipinski definition) is 2. The van der Waals surface area contributed by atoms with E-state index in [2.05, 4.69) is 15.3 Å². The molecule has 0 aromatic carbocycles. The van der Waals surface area contributed by atoms with E-state index in [-0.39, 0.29) is 17.8 Å². The second kappa shape index (κ2) is 9.98. The fraction of sp³-hybridized carbons (Fsp3) is 0.524. The van der Waals surface area contributed by atoms with Crippen molar-refractivity contribution >= 4 is 29.5 Å². The first-order valence-electron chi connectivity index (χ1n) is 11.0. The number of nitrogens with zero attached hydrogens (tertiary/aromatic N) is 5. The van der Waals surface area contributed by atoms with Crippen molar-refractivity contribution in [3.05, 3.63) is 29.8 Å². The Hall–Kier alpha value is -3.55. The Labute approximate surface area is 198 Å². The lowest BCUT2D eigenvalue weighted by molar-refractivity contribution is -0.141. The Morgan fingerprint density at radius 3 is 2.51 bits per heavy atom. The summed E-state index contributed by atoms with van der Waals surface area (Å²) < 4.78 is 51.4. The molecule has 2 aliphatic rings. The highest BCUT2D eigenvalue weighted by Gasteiger charge is 2.42. The molecule has 11 nitrogen and oxygen atoms in total. The zero-order valence-electron chi connectivity index (χ0n) is 18.9. The molecule has 35 heavy (non-hydrogen) atoms. The number of hydrogen-bond acceptors (Lipinski definition) is 8. The van der Waals surface area contributed by atoms with E-state index in [1.807, 2.05) is 4.90 Å². The minimum atomic E-state index is -4.88. The third-order valence-corrected chi connectivity index (χ3v) is 5.95. The average molecular weight is 498 g/mol. The van der Waals surface area contributed by atoms with Crippen LogP contribution in [0.5, 0.6) is 0 Å². The molecule has 1 unspecified atom stereocenters. The predicted octanol–water partition coefficient (Wildman–Crippen LogP) is 2.76. The third-order valence-electron chi connectivity index (χ3n) is 5.95. The van der Waals surface area contributed by atoms with Crippen molar-refractivity contribution in [1.29, 1.82) is 0 Å². The topological polar surface area (TPSA) is 124 Å². The van der Waals surface area contributed by atoms with Gasteiger partial charge in [-0.3, -0.25) is 4.79 Å². The number of ether oxygens (including phenoxy) is 1. The maximum Gasteiger partial charge on any atom is 0.437 e. The number of carbonyl (C=O) groups is 2. The number of nitrogens with one attached hydrogen (secondary N) is 1. The minimum Gasteiger partial charge on any atom is -0.465 e. The number of carboxylic acid groups (broad SMARTS) is 1. The molecule has 2 aromatic rings. The number of piperazine rings is 1. The third kappa shape index (κ3) is 5.58.